The second kappa shape index (κ2) is 4.82. The Kier molecular flexibility index (Phi) is 3.22. The lowest BCUT2D eigenvalue weighted by atomic mass is 10.1. The van der Waals surface area contributed by atoms with E-state index in [0.29, 0.717) is 6.54 Å². The molecule has 1 aromatic carbocycles. The van der Waals surface area contributed by atoms with Crippen LogP contribution < -0.4 is 5.32 Å². The smallest absolute Gasteiger partial charge is 0.321 e. The molecule has 15 heavy (non-hydrogen) atoms. The van der Waals surface area contributed by atoms with Crippen molar-refractivity contribution in [3.63, 3.8) is 0 Å². The summed E-state index contributed by atoms with van der Waals surface area (Å²) in [4.78, 5) is 13.0. The quantitative estimate of drug-likeness (QED) is 0.732. The van der Waals surface area contributed by atoms with Crippen molar-refractivity contribution in [1.29, 1.82) is 0 Å². The average Bonchev–Trinajstić information content (AvgIpc) is 2.66. The maximum atomic E-state index is 11.2. The fourth-order valence-corrected chi connectivity index (χ4v) is 1.79. The predicted molar refractivity (Wildman–Crippen MR) is 58.7 cm³/mol. The summed E-state index contributed by atoms with van der Waals surface area (Å²) >= 11 is 0. The fraction of sp³-hybridized carbons (Fsp3) is 0.417. The Bertz CT molecular complexity index is 324. The summed E-state index contributed by atoms with van der Waals surface area (Å²) < 4.78 is 0. The number of amides is 2. The van der Waals surface area contributed by atoms with Gasteiger partial charge in [-0.3, -0.25) is 0 Å². The second-order valence-electron chi connectivity index (χ2n) is 3.74. The highest BCUT2D eigenvalue weighted by Crippen LogP contribution is 2.05. The molecule has 1 aliphatic rings. The number of nitrogens with zero attached hydrogens (tertiary/aromatic N) is 2. The molecule has 0 saturated carbocycles. The van der Waals surface area contributed by atoms with E-state index in [-0.39, 0.29) is 6.03 Å². The van der Waals surface area contributed by atoms with Gasteiger partial charge in [-0.05, 0) is 18.4 Å². The molecule has 1 fully saturated rings. The molecule has 0 spiro atoms. The van der Waals surface area contributed by atoms with Gasteiger partial charge in [-0.2, -0.15) is 0 Å². The van der Waals surface area contributed by atoms with Gasteiger partial charge >= 0.3 is 6.03 Å². The Balaban J connectivity index is 1.73. The van der Waals surface area contributed by atoms with E-state index in [0.717, 1.165) is 25.9 Å². The predicted octanol–water partition coefficient (Wildman–Crippen LogP) is 1.66. The molecule has 0 N–H and O–H groups in total. The summed E-state index contributed by atoms with van der Waals surface area (Å²) in [5, 5.41) is 3.83. The van der Waals surface area contributed by atoms with Crippen LogP contribution in [0.25, 0.3) is 0 Å². The van der Waals surface area contributed by atoms with E-state index in [2.05, 4.69) is 17.4 Å². The molecule has 2 amide bonds. The number of hydrogen-bond donors (Lipinski definition) is 0. The van der Waals surface area contributed by atoms with Crippen LogP contribution in [0.5, 0.6) is 0 Å². The minimum absolute atomic E-state index is 0.0388. The number of urea groups is 1. The third kappa shape index (κ3) is 2.72. The summed E-state index contributed by atoms with van der Waals surface area (Å²) in [5.41, 5.74) is 1.33. The molecule has 79 valence electrons. The molecule has 0 aliphatic carbocycles. The number of carbonyl (C=O) groups is 1. The standard InChI is InChI=1S/C12H15N2O/c15-12-13-8-10-14(12)9-4-7-11-5-2-1-3-6-11/h1-3,5-6H,4,7-10H2. The molecule has 1 aliphatic heterocycles. The van der Waals surface area contributed by atoms with Gasteiger partial charge in [0, 0.05) is 13.1 Å². The van der Waals surface area contributed by atoms with Gasteiger partial charge < -0.3 is 4.90 Å². The Morgan fingerprint density at radius 1 is 1.27 bits per heavy atom. The molecule has 3 heteroatoms. The number of benzene rings is 1. The minimum Gasteiger partial charge on any atom is -0.321 e. The number of carbonyl (C=O) groups excluding carboxylic acids is 1. The average molecular weight is 203 g/mol. The van der Waals surface area contributed by atoms with Crippen LogP contribution in [0.2, 0.25) is 0 Å². The van der Waals surface area contributed by atoms with Gasteiger partial charge in [0.25, 0.3) is 0 Å². The van der Waals surface area contributed by atoms with E-state index < -0.39 is 0 Å². The molecule has 1 aromatic rings. The SMILES string of the molecule is O=C1[N]CCN1CCCc1ccccc1. The Morgan fingerprint density at radius 2 is 2.07 bits per heavy atom. The summed E-state index contributed by atoms with van der Waals surface area (Å²) in [6, 6.07) is 10.3. The summed E-state index contributed by atoms with van der Waals surface area (Å²) in [7, 11) is 0. The van der Waals surface area contributed by atoms with E-state index >= 15 is 0 Å². The van der Waals surface area contributed by atoms with Crippen molar-refractivity contribution < 1.29 is 4.79 Å². The van der Waals surface area contributed by atoms with Crippen LogP contribution >= 0.6 is 0 Å². The molecular weight excluding hydrogens is 188 g/mol. The maximum absolute atomic E-state index is 11.2. The molecule has 0 unspecified atom stereocenters. The van der Waals surface area contributed by atoms with Gasteiger partial charge in [-0.25, -0.2) is 10.1 Å². The molecule has 2 rings (SSSR count). The van der Waals surface area contributed by atoms with Crippen LogP contribution in [-0.4, -0.2) is 30.6 Å². The van der Waals surface area contributed by atoms with Crippen LogP contribution in [0, 0.1) is 0 Å². The topological polar surface area (TPSA) is 34.4 Å². The lowest BCUT2D eigenvalue weighted by molar-refractivity contribution is 0.216. The molecule has 1 radical (unpaired) electrons. The van der Waals surface area contributed by atoms with Gasteiger partial charge in [0.2, 0.25) is 0 Å². The molecule has 3 nitrogen and oxygen atoms in total. The lowest BCUT2D eigenvalue weighted by Gasteiger charge is -2.12. The van der Waals surface area contributed by atoms with Crippen molar-refractivity contribution in [2.24, 2.45) is 0 Å². The van der Waals surface area contributed by atoms with E-state index in [1.807, 2.05) is 23.1 Å². The summed E-state index contributed by atoms with van der Waals surface area (Å²) in [6.45, 7) is 2.30. The van der Waals surface area contributed by atoms with E-state index in [4.69, 9.17) is 0 Å². The van der Waals surface area contributed by atoms with Gasteiger partial charge in [0.15, 0.2) is 0 Å². The zero-order valence-electron chi connectivity index (χ0n) is 8.72. The number of aryl methyl sites for hydroxylation is 1. The monoisotopic (exact) mass is 203 g/mol. The van der Waals surface area contributed by atoms with Crippen LogP contribution in [0.3, 0.4) is 0 Å². The maximum Gasteiger partial charge on any atom is 0.339 e. The van der Waals surface area contributed by atoms with Gasteiger partial charge in [-0.15, -0.1) is 0 Å². The van der Waals surface area contributed by atoms with Gasteiger partial charge in [-0.1, -0.05) is 30.3 Å². The van der Waals surface area contributed by atoms with Crippen molar-refractivity contribution in [2.75, 3.05) is 19.6 Å². The first-order chi connectivity index (χ1) is 7.36. The van der Waals surface area contributed by atoms with Crippen molar-refractivity contribution >= 4 is 6.03 Å². The highest BCUT2D eigenvalue weighted by Gasteiger charge is 2.19. The number of hydrogen-bond acceptors (Lipinski definition) is 1. The fourth-order valence-electron chi connectivity index (χ4n) is 1.79. The largest absolute Gasteiger partial charge is 0.339 e. The second-order valence-corrected chi connectivity index (χ2v) is 3.74. The van der Waals surface area contributed by atoms with Crippen LogP contribution in [0.15, 0.2) is 30.3 Å². The van der Waals surface area contributed by atoms with Crippen LogP contribution in [0.1, 0.15) is 12.0 Å². The Hall–Kier alpha value is -1.51. The van der Waals surface area contributed by atoms with Gasteiger partial charge in [0.05, 0.1) is 6.54 Å². The van der Waals surface area contributed by atoms with E-state index in [9.17, 15) is 4.79 Å². The van der Waals surface area contributed by atoms with Crippen molar-refractivity contribution in [3.8, 4) is 0 Å². The molecule has 0 bridgehead atoms. The highest BCUT2D eigenvalue weighted by atomic mass is 16.2. The summed E-state index contributed by atoms with van der Waals surface area (Å²) in [5.74, 6) is 0. The Morgan fingerprint density at radius 3 is 2.73 bits per heavy atom. The highest BCUT2D eigenvalue weighted by molar-refractivity contribution is 5.75. The third-order valence-electron chi connectivity index (χ3n) is 2.62. The Labute approximate surface area is 90.1 Å². The number of rotatable bonds is 4. The van der Waals surface area contributed by atoms with Gasteiger partial charge in [0.1, 0.15) is 0 Å². The van der Waals surface area contributed by atoms with Crippen molar-refractivity contribution in [1.82, 2.24) is 10.2 Å². The van der Waals surface area contributed by atoms with E-state index in [1.165, 1.54) is 5.56 Å². The zero-order valence-corrected chi connectivity index (χ0v) is 8.72. The first-order valence-corrected chi connectivity index (χ1v) is 5.36. The normalized spacial score (nSPS) is 15.5. The lowest BCUT2D eigenvalue weighted by Crippen LogP contribution is -2.27. The molecule has 1 saturated heterocycles. The van der Waals surface area contributed by atoms with Crippen LogP contribution in [-0.2, 0) is 6.42 Å². The van der Waals surface area contributed by atoms with Crippen molar-refractivity contribution in [2.45, 2.75) is 12.8 Å². The first-order valence-electron chi connectivity index (χ1n) is 5.36. The zero-order chi connectivity index (χ0) is 10.5. The summed E-state index contributed by atoms with van der Waals surface area (Å²) in [6.07, 6.45) is 2.05. The van der Waals surface area contributed by atoms with Crippen molar-refractivity contribution in [3.05, 3.63) is 35.9 Å². The molecule has 1 heterocycles. The van der Waals surface area contributed by atoms with E-state index in [1.54, 1.807) is 0 Å². The molecule has 0 atom stereocenters. The molecular formula is C12H15N2O. The van der Waals surface area contributed by atoms with Crippen LogP contribution in [0.4, 0.5) is 4.79 Å². The first kappa shape index (κ1) is 10.0. The minimum atomic E-state index is -0.0388. The third-order valence-corrected chi connectivity index (χ3v) is 2.62. The molecule has 0 aromatic heterocycles.